The van der Waals surface area contributed by atoms with E-state index in [2.05, 4.69) is 42.3 Å². The lowest BCUT2D eigenvalue weighted by Crippen LogP contribution is -2.35. The van der Waals surface area contributed by atoms with Crippen LogP contribution in [0.1, 0.15) is 37.1 Å². The fraction of sp³-hybridized carbons (Fsp3) is 0.333. The number of amides is 1. The molecule has 5 rings (SSSR count). The molecule has 182 valence electrons. The van der Waals surface area contributed by atoms with Gasteiger partial charge in [0.05, 0.1) is 10.2 Å². The molecule has 1 aliphatic rings. The molecular formula is C27H28ClN3OS3. The summed E-state index contributed by atoms with van der Waals surface area (Å²) in [5.41, 5.74) is 3.52. The van der Waals surface area contributed by atoms with Gasteiger partial charge in [-0.15, -0.1) is 34.4 Å². The molecule has 1 N–H and O–H groups in total. The van der Waals surface area contributed by atoms with Crippen molar-refractivity contribution in [3.8, 4) is 10.6 Å². The van der Waals surface area contributed by atoms with E-state index in [0.717, 1.165) is 57.8 Å². The van der Waals surface area contributed by atoms with Gasteiger partial charge < -0.3 is 5.32 Å². The van der Waals surface area contributed by atoms with Crippen molar-refractivity contribution in [1.82, 2.24) is 9.88 Å². The lowest BCUT2D eigenvalue weighted by atomic mass is 10.0. The zero-order chi connectivity index (χ0) is 24.4. The molecule has 0 saturated carbocycles. The highest BCUT2D eigenvalue weighted by molar-refractivity contribution is 7.99. The second-order valence-electron chi connectivity index (χ2n) is 8.96. The molecule has 0 fully saturated rings. The van der Waals surface area contributed by atoms with Gasteiger partial charge in [-0.1, -0.05) is 23.7 Å². The molecule has 0 unspecified atom stereocenters. The highest BCUT2D eigenvalue weighted by Crippen LogP contribution is 2.46. The van der Waals surface area contributed by atoms with Gasteiger partial charge in [-0.3, -0.25) is 9.69 Å². The number of rotatable bonds is 8. The number of hydrogen-bond donors (Lipinski definition) is 1. The van der Waals surface area contributed by atoms with Gasteiger partial charge >= 0.3 is 0 Å². The van der Waals surface area contributed by atoms with Crippen LogP contribution in [0.15, 0.2) is 53.4 Å². The van der Waals surface area contributed by atoms with Crippen LogP contribution >= 0.6 is 46.0 Å². The number of carbonyl (C=O) groups is 1. The van der Waals surface area contributed by atoms with Crippen LogP contribution in [-0.4, -0.2) is 34.1 Å². The topological polar surface area (TPSA) is 45.2 Å². The van der Waals surface area contributed by atoms with Gasteiger partial charge in [-0.25, -0.2) is 4.98 Å². The second-order valence-corrected chi connectivity index (χ2v) is 12.7. The van der Waals surface area contributed by atoms with E-state index in [-0.39, 0.29) is 5.91 Å². The maximum Gasteiger partial charge on any atom is 0.225 e. The first-order valence-corrected chi connectivity index (χ1v) is 14.9. The van der Waals surface area contributed by atoms with Crippen LogP contribution < -0.4 is 5.32 Å². The predicted octanol–water partition coefficient (Wildman–Crippen LogP) is 7.96. The third-order valence-electron chi connectivity index (χ3n) is 6.21. The molecule has 2 aromatic heterocycles. The summed E-state index contributed by atoms with van der Waals surface area (Å²) in [7, 11) is 0. The smallest absolute Gasteiger partial charge is 0.225 e. The Labute approximate surface area is 223 Å². The Morgan fingerprint density at radius 2 is 1.97 bits per heavy atom. The number of aromatic nitrogens is 1. The first-order valence-electron chi connectivity index (χ1n) is 11.9. The van der Waals surface area contributed by atoms with E-state index in [9.17, 15) is 4.79 Å². The van der Waals surface area contributed by atoms with Crippen molar-refractivity contribution in [2.24, 2.45) is 0 Å². The molecule has 0 bridgehead atoms. The molecule has 4 aromatic rings. The van der Waals surface area contributed by atoms with Crippen molar-refractivity contribution in [2.45, 2.75) is 50.6 Å². The first kappa shape index (κ1) is 24.8. The number of benzene rings is 2. The summed E-state index contributed by atoms with van der Waals surface area (Å²) >= 11 is 11.2. The summed E-state index contributed by atoms with van der Waals surface area (Å²) < 4.78 is 1.18. The second kappa shape index (κ2) is 11.0. The van der Waals surface area contributed by atoms with Gasteiger partial charge in [-0.2, -0.15) is 0 Å². The number of thiophene rings is 1. The Kier molecular flexibility index (Phi) is 7.80. The van der Waals surface area contributed by atoms with Crippen LogP contribution in [-0.2, 0) is 17.8 Å². The summed E-state index contributed by atoms with van der Waals surface area (Å²) in [5, 5.41) is 5.97. The average molecular weight is 542 g/mol. The zero-order valence-electron chi connectivity index (χ0n) is 19.8. The van der Waals surface area contributed by atoms with Gasteiger partial charge in [0.2, 0.25) is 5.91 Å². The number of carbonyl (C=O) groups excluding carboxylic acids is 1. The number of para-hydroxylation sites is 1. The normalized spacial score (nSPS) is 13.9. The van der Waals surface area contributed by atoms with Crippen LogP contribution in [0.2, 0.25) is 5.02 Å². The number of fused-ring (bicyclic) bond motifs is 2. The number of anilines is 1. The molecule has 1 aliphatic heterocycles. The van der Waals surface area contributed by atoms with Gasteiger partial charge in [0.1, 0.15) is 10.0 Å². The van der Waals surface area contributed by atoms with E-state index in [1.54, 1.807) is 34.4 Å². The number of nitrogens with one attached hydrogen (secondary N) is 1. The van der Waals surface area contributed by atoms with E-state index >= 15 is 0 Å². The van der Waals surface area contributed by atoms with Crippen LogP contribution in [0.3, 0.4) is 0 Å². The maximum atomic E-state index is 13.0. The average Bonchev–Trinajstić information content (AvgIpc) is 3.42. The van der Waals surface area contributed by atoms with Crippen LogP contribution in [0.5, 0.6) is 0 Å². The highest BCUT2D eigenvalue weighted by Gasteiger charge is 2.28. The molecule has 0 aliphatic carbocycles. The van der Waals surface area contributed by atoms with E-state index in [0.29, 0.717) is 12.5 Å². The number of halogens is 1. The van der Waals surface area contributed by atoms with Crippen LogP contribution in [0.4, 0.5) is 5.00 Å². The van der Waals surface area contributed by atoms with E-state index in [1.807, 2.05) is 30.3 Å². The van der Waals surface area contributed by atoms with Crippen molar-refractivity contribution in [1.29, 1.82) is 0 Å². The summed E-state index contributed by atoms with van der Waals surface area (Å²) in [6.45, 7) is 6.47. The SMILES string of the molecule is CC(C)N1CCc2c(sc(NC(=O)CCCSc3ccc(Cl)cc3)c2-c2nc3ccccc3s2)C1. The molecule has 0 spiro atoms. The van der Waals surface area contributed by atoms with Gasteiger partial charge in [0.15, 0.2) is 0 Å². The highest BCUT2D eigenvalue weighted by atomic mass is 35.5. The van der Waals surface area contributed by atoms with Gasteiger partial charge in [0, 0.05) is 45.9 Å². The molecule has 0 atom stereocenters. The summed E-state index contributed by atoms with van der Waals surface area (Å²) in [6.07, 6.45) is 2.31. The quantitative estimate of drug-likeness (QED) is 0.181. The van der Waals surface area contributed by atoms with E-state index in [1.165, 1.54) is 20.0 Å². The van der Waals surface area contributed by atoms with Crippen molar-refractivity contribution >= 4 is 67.2 Å². The van der Waals surface area contributed by atoms with Crippen molar-refractivity contribution in [2.75, 3.05) is 17.6 Å². The fourth-order valence-electron chi connectivity index (χ4n) is 4.30. The molecule has 35 heavy (non-hydrogen) atoms. The Morgan fingerprint density at radius 3 is 2.74 bits per heavy atom. The minimum absolute atomic E-state index is 0.0726. The minimum Gasteiger partial charge on any atom is -0.317 e. The van der Waals surface area contributed by atoms with E-state index in [4.69, 9.17) is 16.6 Å². The minimum atomic E-state index is 0.0726. The van der Waals surface area contributed by atoms with Crippen molar-refractivity contribution in [3.05, 3.63) is 64.0 Å². The number of thioether (sulfide) groups is 1. The maximum absolute atomic E-state index is 13.0. The standard InChI is InChI=1S/C27H28ClN3OS3/c1-17(2)31-14-13-20-23(16-31)35-27(25(20)26-29-21-6-3-4-7-22(21)34-26)30-24(32)8-5-15-33-19-11-9-18(28)10-12-19/h3-4,6-7,9-12,17H,5,8,13-16H2,1-2H3,(H,30,32). The Bertz CT molecular complexity index is 1300. The summed E-state index contributed by atoms with van der Waals surface area (Å²) in [4.78, 5) is 22.9. The molecule has 1 amide bonds. The lowest BCUT2D eigenvalue weighted by Gasteiger charge is -2.30. The third kappa shape index (κ3) is 5.75. The van der Waals surface area contributed by atoms with Crippen molar-refractivity contribution in [3.63, 3.8) is 0 Å². The number of hydrogen-bond acceptors (Lipinski definition) is 6. The molecule has 0 saturated heterocycles. The molecule has 8 heteroatoms. The first-order chi connectivity index (χ1) is 17.0. The fourth-order valence-corrected chi connectivity index (χ4v) is 7.68. The monoisotopic (exact) mass is 541 g/mol. The van der Waals surface area contributed by atoms with E-state index < -0.39 is 0 Å². The largest absolute Gasteiger partial charge is 0.317 e. The molecule has 0 radical (unpaired) electrons. The van der Waals surface area contributed by atoms with Crippen molar-refractivity contribution < 1.29 is 4.79 Å². The Balaban J connectivity index is 1.32. The molecule has 2 aromatic carbocycles. The number of nitrogens with zero attached hydrogens (tertiary/aromatic N) is 2. The van der Waals surface area contributed by atoms with Gasteiger partial charge in [0.25, 0.3) is 0 Å². The zero-order valence-corrected chi connectivity index (χ0v) is 23.0. The predicted molar refractivity (Wildman–Crippen MR) is 152 cm³/mol. The van der Waals surface area contributed by atoms with Gasteiger partial charge in [-0.05, 0) is 74.4 Å². The van der Waals surface area contributed by atoms with Crippen LogP contribution in [0, 0.1) is 0 Å². The lowest BCUT2D eigenvalue weighted by molar-refractivity contribution is -0.116. The molecule has 4 nitrogen and oxygen atoms in total. The Morgan fingerprint density at radius 1 is 1.17 bits per heavy atom. The third-order valence-corrected chi connectivity index (χ3v) is 9.74. The molecule has 3 heterocycles. The summed E-state index contributed by atoms with van der Waals surface area (Å²) in [6, 6.07) is 16.6. The Hall–Kier alpha value is -1.90. The van der Waals surface area contributed by atoms with Crippen LogP contribution in [0.25, 0.3) is 20.8 Å². The number of thiazole rings is 1. The molecular weight excluding hydrogens is 514 g/mol. The summed E-state index contributed by atoms with van der Waals surface area (Å²) in [5.74, 6) is 0.965.